The maximum Gasteiger partial charge on any atom is 0.196 e. The Kier molecular flexibility index (Phi) is 5.79. The van der Waals surface area contributed by atoms with Gasteiger partial charge in [0.15, 0.2) is 11.0 Å². The maximum atomic E-state index is 5.63. The molecule has 0 saturated heterocycles. The van der Waals surface area contributed by atoms with Crippen molar-refractivity contribution in [1.29, 1.82) is 0 Å². The van der Waals surface area contributed by atoms with Crippen LogP contribution in [0.3, 0.4) is 0 Å². The summed E-state index contributed by atoms with van der Waals surface area (Å²) in [5, 5.41) is 9.61. The highest BCUT2D eigenvalue weighted by Crippen LogP contribution is 2.33. The van der Waals surface area contributed by atoms with E-state index in [1.54, 1.807) is 18.9 Å². The van der Waals surface area contributed by atoms with Gasteiger partial charge in [0, 0.05) is 17.0 Å². The third-order valence-electron chi connectivity index (χ3n) is 3.67. The van der Waals surface area contributed by atoms with Gasteiger partial charge in [-0.1, -0.05) is 59.3 Å². The van der Waals surface area contributed by atoms with Crippen molar-refractivity contribution in [2.45, 2.75) is 12.1 Å². The van der Waals surface area contributed by atoms with E-state index in [4.69, 9.17) is 16.3 Å². The number of thioether (sulfide) groups is 1. The van der Waals surface area contributed by atoms with E-state index in [0.717, 1.165) is 33.7 Å². The predicted octanol–water partition coefficient (Wildman–Crippen LogP) is 5.10. The number of hydrogen-bond acceptors (Lipinski definition) is 4. The third-order valence-corrected chi connectivity index (χ3v) is 4.73. The first-order valence-corrected chi connectivity index (χ1v) is 9.20. The largest absolute Gasteiger partial charge is 0.496 e. The molecular formula is C19H18ClN3OS. The van der Waals surface area contributed by atoms with Crippen LogP contribution < -0.4 is 4.74 Å². The number of methoxy groups -OCH3 is 1. The average molecular weight is 372 g/mol. The van der Waals surface area contributed by atoms with Crippen molar-refractivity contribution >= 4 is 23.4 Å². The van der Waals surface area contributed by atoms with Crippen molar-refractivity contribution in [3.8, 4) is 22.8 Å². The standard InChI is InChI=1S/C19H18ClN3OS/c1-14-8-10-15(11-9-14)23-18(16-6-3-4-7-17(16)24-2)21-22-19(23)25-13-5-12-20/h3-12H,13H2,1-2H3/b12-5+. The molecule has 0 spiro atoms. The normalized spacial score (nSPS) is 11.2. The minimum atomic E-state index is 0.722. The highest BCUT2D eigenvalue weighted by molar-refractivity contribution is 7.99. The van der Waals surface area contributed by atoms with Crippen molar-refractivity contribution in [3.63, 3.8) is 0 Å². The second-order valence-electron chi connectivity index (χ2n) is 5.35. The van der Waals surface area contributed by atoms with E-state index >= 15 is 0 Å². The second kappa shape index (κ2) is 8.23. The van der Waals surface area contributed by atoms with E-state index in [0.29, 0.717) is 0 Å². The Hall–Kier alpha value is -2.24. The smallest absolute Gasteiger partial charge is 0.196 e. The molecule has 1 aromatic heterocycles. The lowest BCUT2D eigenvalue weighted by atomic mass is 10.1. The molecule has 3 aromatic rings. The molecule has 0 aliphatic carbocycles. The minimum absolute atomic E-state index is 0.722. The number of rotatable bonds is 6. The maximum absolute atomic E-state index is 5.63. The number of para-hydroxylation sites is 1. The van der Waals surface area contributed by atoms with Gasteiger partial charge in [-0.05, 0) is 31.2 Å². The number of nitrogens with zero attached hydrogens (tertiary/aromatic N) is 3. The highest BCUT2D eigenvalue weighted by Gasteiger charge is 2.18. The van der Waals surface area contributed by atoms with Crippen LogP contribution in [0.5, 0.6) is 5.75 Å². The van der Waals surface area contributed by atoms with E-state index < -0.39 is 0 Å². The summed E-state index contributed by atoms with van der Waals surface area (Å²) in [4.78, 5) is 0. The number of aromatic nitrogens is 3. The van der Waals surface area contributed by atoms with Crippen LogP contribution in [0.25, 0.3) is 17.1 Å². The van der Waals surface area contributed by atoms with E-state index in [1.165, 1.54) is 11.1 Å². The minimum Gasteiger partial charge on any atom is -0.496 e. The fraction of sp³-hybridized carbons (Fsp3) is 0.158. The molecule has 3 rings (SSSR count). The molecule has 0 saturated carbocycles. The molecule has 0 bridgehead atoms. The van der Waals surface area contributed by atoms with Gasteiger partial charge in [-0.15, -0.1) is 10.2 Å². The molecule has 6 heteroatoms. The quantitative estimate of drug-likeness (QED) is 0.565. The van der Waals surface area contributed by atoms with Crippen LogP contribution in [0.2, 0.25) is 0 Å². The molecule has 128 valence electrons. The summed E-state index contributed by atoms with van der Waals surface area (Å²) >= 11 is 7.21. The number of benzene rings is 2. The lowest BCUT2D eigenvalue weighted by Crippen LogP contribution is -2.01. The van der Waals surface area contributed by atoms with Gasteiger partial charge in [-0.2, -0.15) is 0 Å². The van der Waals surface area contributed by atoms with Gasteiger partial charge in [0.1, 0.15) is 5.75 Å². The van der Waals surface area contributed by atoms with Crippen LogP contribution in [0.4, 0.5) is 0 Å². The summed E-state index contributed by atoms with van der Waals surface area (Å²) in [7, 11) is 1.66. The van der Waals surface area contributed by atoms with Crippen molar-refractivity contribution in [2.75, 3.05) is 12.9 Å². The van der Waals surface area contributed by atoms with Crippen molar-refractivity contribution in [2.24, 2.45) is 0 Å². The first-order chi connectivity index (χ1) is 12.2. The van der Waals surface area contributed by atoms with E-state index in [1.807, 2.05) is 34.9 Å². The van der Waals surface area contributed by atoms with Gasteiger partial charge < -0.3 is 4.74 Å². The molecule has 0 unspecified atom stereocenters. The van der Waals surface area contributed by atoms with Crippen molar-refractivity contribution in [1.82, 2.24) is 14.8 Å². The molecule has 25 heavy (non-hydrogen) atoms. The van der Waals surface area contributed by atoms with Crippen molar-refractivity contribution in [3.05, 3.63) is 65.7 Å². The molecule has 0 atom stereocenters. The number of hydrogen-bond donors (Lipinski definition) is 0. The van der Waals surface area contributed by atoms with Gasteiger partial charge in [0.2, 0.25) is 0 Å². The molecule has 0 radical (unpaired) electrons. The van der Waals surface area contributed by atoms with Gasteiger partial charge in [0.25, 0.3) is 0 Å². The molecule has 0 amide bonds. The van der Waals surface area contributed by atoms with Gasteiger partial charge >= 0.3 is 0 Å². The molecule has 0 aliphatic rings. The summed E-state index contributed by atoms with van der Waals surface area (Å²) in [6.45, 7) is 2.07. The Morgan fingerprint density at radius 3 is 2.60 bits per heavy atom. The van der Waals surface area contributed by atoms with E-state index in [9.17, 15) is 0 Å². The Labute approximate surface area is 156 Å². The fourth-order valence-corrected chi connectivity index (χ4v) is 3.41. The van der Waals surface area contributed by atoms with Crippen LogP contribution in [-0.4, -0.2) is 27.6 Å². The Balaban J connectivity index is 2.13. The predicted molar refractivity (Wildman–Crippen MR) is 104 cm³/mol. The molecule has 0 fully saturated rings. The summed E-state index contributed by atoms with van der Waals surface area (Å²) in [6, 6.07) is 16.1. The van der Waals surface area contributed by atoms with Gasteiger partial charge in [0.05, 0.1) is 12.7 Å². The Bertz CT molecular complexity index is 875. The number of aryl methyl sites for hydroxylation is 1. The summed E-state index contributed by atoms with van der Waals surface area (Å²) in [5.74, 6) is 2.23. The fourth-order valence-electron chi connectivity index (χ4n) is 2.45. The molecule has 2 aromatic carbocycles. The zero-order valence-electron chi connectivity index (χ0n) is 14.0. The highest BCUT2D eigenvalue weighted by atomic mass is 35.5. The first-order valence-electron chi connectivity index (χ1n) is 7.78. The zero-order valence-corrected chi connectivity index (χ0v) is 15.6. The summed E-state index contributed by atoms with van der Waals surface area (Å²) < 4.78 is 7.55. The number of ether oxygens (including phenoxy) is 1. The average Bonchev–Trinajstić information content (AvgIpc) is 3.06. The van der Waals surface area contributed by atoms with Crippen LogP contribution >= 0.6 is 23.4 Å². The van der Waals surface area contributed by atoms with Crippen molar-refractivity contribution < 1.29 is 4.74 Å². The van der Waals surface area contributed by atoms with Crippen LogP contribution in [-0.2, 0) is 0 Å². The second-order valence-corrected chi connectivity index (χ2v) is 6.59. The van der Waals surface area contributed by atoms with Crippen LogP contribution in [0.15, 0.2) is 65.3 Å². The molecular weight excluding hydrogens is 354 g/mol. The SMILES string of the molecule is COc1ccccc1-c1nnc(SC/C=C/Cl)n1-c1ccc(C)cc1. The summed E-state index contributed by atoms with van der Waals surface area (Å²) in [5.41, 5.74) is 4.63. The first kappa shape index (κ1) is 17.6. The molecule has 4 nitrogen and oxygen atoms in total. The summed E-state index contributed by atoms with van der Waals surface area (Å²) in [6.07, 6.45) is 1.88. The number of halogens is 1. The van der Waals surface area contributed by atoms with Gasteiger partial charge in [-0.25, -0.2) is 0 Å². The third kappa shape index (κ3) is 3.89. The monoisotopic (exact) mass is 371 g/mol. The zero-order chi connectivity index (χ0) is 17.6. The van der Waals surface area contributed by atoms with Crippen LogP contribution in [0, 0.1) is 6.92 Å². The lowest BCUT2D eigenvalue weighted by molar-refractivity contribution is 0.416. The van der Waals surface area contributed by atoms with E-state index in [2.05, 4.69) is 41.4 Å². The molecule has 0 aliphatic heterocycles. The molecule has 1 heterocycles. The lowest BCUT2D eigenvalue weighted by Gasteiger charge is -2.12. The van der Waals surface area contributed by atoms with Gasteiger partial charge in [-0.3, -0.25) is 4.57 Å². The van der Waals surface area contributed by atoms with E-state index in [-0.39, 0.29) is 0 Å². The molecule has 0 N–H and O–H groups in total. The van der Waals surface area contributed by atoms with Crippen LogP contribution in [0.1, 0.15) is 5.56 Å². The Morgan fingerprint density at radius 1 is 1.12 bits per heavy atom. The topological polar surface area (TPSA) is 39.9 Å². The Morgan fingerprint density at radius 2 is 1.88 bits per heavy atom.